The van der Waals surface area contributed by atoms with Crippen LogP contribution in [0, 0.1) is 0 Å². The normalized spacial score (nSPS) is 12.7. The molecule has 0 unspecified atom stereocenters. The fourth-order valence-electron chi connectivity index (χ4n) is 4.11. The highest BCUT2D eigenvalue weighted by molar-refractivity contribution is 7.17. The van der Waals surface area contributed by atoms with Crippen LogP contribution in [0.15, 0.2) is 53.6 Å². The third-order valence-corrected chi connectivity index (χ3v) is 7.52. The lowest BCUT2D eigenvalue weighted by Gasteiger charge is -2.12. The number of esters is 2. The van der Waals surface area contributed by atoms with Crippen LogP contribution in [0.5, 0.6) is 5.75 Å². The molecule has 2 aromatic carbocycles. The summed E-state index contributed by atoms with van der Waals surface area (Å²) in [6.45, 7) is 3.49. The first kappa shape index (κ1) is 28.0. The molecule has 11 heteroatoms. The molecule has 202 valence electrons. The molecular formula is C28H26ClN3O6S. The molecule has 2 N–H and O–H groups in total. The van der Waals surface area contributed by atoms with Crippen LogP contribution >= 0.6 is 22.9 Å². The van der Waals surface area contributed by atoms with Gasteiger partial charge in [0.25, 0.3) is 0 Å². The van der Waals surface area contributed by atoms with Gasteiger partial charge in [0.1, 0.15) is 10.8 Å². The Kier molecular flexibility index (Phi) is 9.11. The van der Waals surface area contributed by atoms with Crippen LogP contribution < -0.4 is 15.5 Å². The summed E-state index contributed by atoms with van der Waals surface area (Å²) in [5, 5.41) is 7.11. The number of fused-ring (bicyclic) bond motifs is 1. The maximum Gasteiger partial charge on any atom is 0.345 e. The molecule has 0 radical (unpaired) electrons. The molecule has 1 aliphatic carbocycles. The predicted octanol–water partition coefficient (Wildman–Crippen LogP) is 5.16. The Morgan fingerprint density at radius 1 is 0.949 bits per heavy atom. The van der Waals surface area contributed by atoms with Gasteiger partial charge in [0.2, 0.25) is 0 Å². The van der Waals surface area contributed by atoms with E-state index in [0.717, 1.165) is 29.7 Å². The van der Waals surface area contributed by atoms with E-state index in [9.17, 15) is 19.2 Å². The molecule has 0 saturated carbocycles. The Hall–Kier alpha value is -4.02. The summed E-state index contributed by atoms with van der Waals surface area (Å²) in [7, 11) is 0. The number of hydrogen-bond acceptors (Lipinski definition) is 8. The minimum Gasteiger partial charge on any atom is -0.462 e. The molecule has 3 aromatic rings. The summed E-state index contributed by atoms with van der Waals surface area (Å²) in [5.41, 5.74) is 4.32. The number of aryl methyl sites for hydroxylation is 1. The molecule has 0 fully saturated rings. The zero-order valence-electron chi connectivity index (χ0n) is 21.3. The average Bonchev–Trinajstić information content (AvgIpc) is 3.30. The number of halogens is 1. The Morgan fingerprint density at radius 3 is 2.38 bits per heavy atom. The number of hydrogen-bond donors (Lipinski definition) is 2. The number of benzene rings is 2. The maximum absolute atomic E-state index is 12.7. The van der Waals surface area contributed by atoms with Crippen molar-refractivity contribution < 1.29 is 28.7 Å². The first-order chi connectivity index (χ1) is 18.8. The SMILES string of the molecule is CCOC(=O)c1c(NC(=O)C(=O)N/N=C(\C)c2ccccc2OC(=O)c2ccccc2Cl)sc2c1CCCC2. The van der Waals surface area contributed by atoms with Crippen molar-refractivity contribution in [1.29, 1.82) is 0 Å². The molecule has 9 nitrogen and oxygen atoms in total. The quantitative estimate of drug-likeness (QED) is 0.134. The number of carbonyl (C=O) groups excluding carboxylic acids is 4. The van der Waals surface area contributed by atoms with Crippen LogP contribution in [-0.4, -0.2) is 36.1 Å². The van der Waals surface area contributed by atoms with Crippen molar-refractivity contribution in [3.8, 4) is 5.75 Å². The van der Waals surface area contributed by atoms with Crippen LogP contribution in [0.25, 0.3) is 0 Å². The fourth-order valence-corrected chi connectivity index (χ4v) is 5.60. The van der Waals surface area contributed by atoms with E-state index >= 15 is 0 Å². The van der Waals surface area contributed by atoms with Crippen molar-refractivity contribution in [3.05, 3.63) is 80.7 Å². The van der Waals surface area contributed by atoms with Gasteiger partial charge >= 0.3 is 23.8 Å². The lowest BCUT2D eigenvalue weighted by atomic mass is 9.95. The largest absolute Gasteiger partial charge is 0.462 e. The zero-order valence-corrected chi connectivity index (χ0v) is 22.9. The summed E-state index contributed by atoms with van der Waals surface area (Å²) in [6, 6.07) is 13.1. The van der Waals surface area contributed by atoms with Gasteiger partial charge in [-0.05, 0) is 69.4 Å². The highest BCUT2D eigenvalue weighted by Crippen LogP contribution is 2.38. The molecule has 39 heavy (non-hydrogen) atoms. The van der Waals surface area contributed by atoms with Crippen molar-refractivity contribution in [2.75, 3.05) is 11.9 Å². The van der Waals surface area contributed by atoms with Gasteiger partial charge in [-0.3, -0.25) is 9.59 Å². The predicted molar refractivity (Wildman–Crippen MR) is 149 cm³/mol. The molecule has 4 rings (SSSR count). The molecule has 1 heterocycles. The topological polar surface area (TPSA) is 123 Å². The number of ether oxygens (including phenoxy) is 2. The lowest BCUT2D eigenvalue weighted by molar-refractivity contribution is -0.136. The summed E-state index contributed by atoms with van der Waals surface area (Å²) >= 11 is 7.38. The molecule has 2 amide bonds. The minimum atomic E-state index is -1.03. The third kappa shape index (κ3) is 6.52. The highest BCUT2D eigenvalue weighted by Gasteiger charge is 2.28. The molecule has 1 aromatic heterocycles. The van der Waals surface area contributed by atoms with Crippen molar-refractivity contribution >= 4 is 57.4 Å². The number of rotatable bonds is 7. The van der Waals surface area contributed by atoms with Crippen LogP contribution in [0.2, 0.25) is 5.02 Å². The van der Waals surface area contributed by atoms with Gasteiger partial charge in [-0.1, -0.05) is 35.9 Å². The fraction of sp³-hybridized carbons (Fsp3) is 0.250. The minimum absolute atomic E-state index is 0.195. The van der Waals surface area contributed by atoms with E-state index in [1.54, 1.807) is 62.4 Å². The summed E-state index contributed by atoms with van der Waals surface area (Å²) in [6.07, 6.45) is 3.45. The molecule has 0 saturated heterocycles. The van der Waals surface area contributed by atoms with Gasteiger partial charge in [0.15, 0.2) is 0 Å². The van der Waals surface area contributed by atoms with E-state index < -0.39 is 23.8 Å². The highest BCUT2D eigenvalue weighted by atomic mass is 35.5. The Labute approximate surface area is 234 Å². The number of thiophene rings is 1. The number of para-hydroxylation sites is 1. The van der Waals surface area contributed by atoms with Crippen molar-refractivity contribution in [1.82, 2.24) is 5.43 Å². The first-order valence-corrected chi connectivity index (χ1v) is 13.5. The van der Waals surface area contributed by atoms with Crippen LogP contribution in [0.1, 0.15) is 63.4 Å². The first-order valence-electron chi connectivity index (χ1n) is 12.3. The van der Waals surface area contributed by atoms with Crippen LogP contribution in [-0.2, 0) is 27.2 Å². The molecule has 0 atom stereocenters. The summed E-state index contributed by atoms with van der Waals surface area (Å²) in [5.74, 6) is -2.98. The van der Waals surface area contributed by atoms with E-state index in [1.807, 2.05) is 0 Å². The number of hydrazone groups is 1. The number of carbonyl (C=O) groups is 4. The van der Waals surface area contributed by atoms with Crippen LogP contribution in [0.3, 0.4) is 0 Å². The standard InChI is InChI=1S/C28H26ClN3O6S/c1-3-37-28(36)23-19-12-6-9-15-22(19)39-26(23)30-24(33)25(34)32-31-16(2)17-10-5-8-14-21(17)38-27(35)18-11-4-7-13-20(18)29/h4-5,7-8,10-11,13-14H,3,6,9,12,15H2,1-2H3,(H,30,33)(H,32,34)/b31-16+. The zero-order chi connectivity index (χ0) is 27.9. The third-order valence-electron chi connectivity index (χ3n) is 5.98. The van der Waals surface area contributed by atoms with Gasteiger partial charge in [-0.2, -0.15) is 5.10 Å². The van der Waals surface area contributed by atoms with E-state index in [4.69, 9.17) is 21.1 Å². The second-order valence-electron chi connectivity index (χ2n) is 8.59. The van der Waals surface area contributed by atoms with Crippen molar-refractivity contribution in [2.24, 2.45) is 5.10 Å². The maximum atomic E-state index is 12.7. The van der Waals surface area contributed by atoms with E-state index in [2.05, 4.69) is 15.8 Å². The molecule has 0 aliphatic heterocycles. The second kappa shape index (κ2) is 12.7. The molecule has 0 bridgehead atoms. The van der Waals surface area contributed by atoms with Gasteiger partial charge < -0.3 is 14.8 Å². The molecule has 1 aliphatic rings. The lowest BCUT2D eigenvalue weighted by Crippen LogP contribution is -2.33. The Morgan fingerprint density at radius 2 is 1.64 bits per heavy atom. The summed E-state index contributed by atoms with van der Waals surface area (Å²) in [4.78, 5) is 51.5. The van der Waals surface area contributed by atoms with E-state index in [1.165, 1.54) is 11.3 Å². The number of amides is 2. The smallest absolute Gasteiger partial charge is 0.345 e. The van der Waals surface area contributed by atoms with E-state index in [0.29, 0.717) is 17.5 Å². The van der Waals surface area contributed by atoms with Gasteiger partial charge in [0.05, 0.1) is 28.5 Å². The second-order valence-corrected chi connectivity index (χ2v) is 10.1. The van der Waals surface area contributed by atoms with Gasteiger partial charge in [-0.25, -0.2) is 15.0 Å². The van der Waals surface area contributed by atoms with Crippen molar-refractivity contribution in [3.63, 3.8) is 0 Å². The summed E-state index contributed by atoms with van der Waals surface area (Å²) < 4.78 is 10.7. The molecule has 0 spiro atoms. The van der Waals surface area contributed by atoms with Crippen molar-refractivity contribution in [2.45, 2.75) is 39.5 Å². The Balaban J connectivity index is 1.47. The number of anilines is 1. The van der Waals surface area contributed by atoms with Crippen LogP contribution in [0.4, 0.5) is 5.00 Å². The van der Waals surface area contributed by atoms with E-state index in [-0.39, 0.29) is 33.7 Å². The average molecular weight is 568 g/mol. The number of nitrogens with one attached hydrogen (secondary N) is 2. The van der Waals surface area contributed by atoms with Gasteiger partial charge in [0, 0.05) is 10.4 Å². The Bertz CT molecular complexity index is 1470. The monoisotopic (exact) mass is 567 g/mol. The molecular weight excluding hydrogens is 542 g/mol. The van der Waals surface area contributed by atoms with Gasteiger partial charge in [-0.15, -0.1) is 11.3 Å². The number of nitrogens with zero attached hydrogens (tertiary/aromatic N) is 1.